The summed E-state index contributed by atoms with van der Waals surface area (Å²) in [5, 5.41) is 6.52. The average molecular weight is 359 g/mol. The van der Waals surface area contributed by atoms with Gasteiger partial charge in [-0.3, -0.25) is 9.59 Å². The van der Waals surface area contributed by atoms with E-state index in [0.29, 0.717) is 28.0 Å². The highest BCUT2D eigenvalue weighted by Gasteiger charge is 2.18. The molecule has 0 spiro atoms. The lowest BCUT2D eigenvalue weighted by atomic mass is 10.1. The Hall–Kier alpha value is -2.21. The number of hydrogen-bond acceptors (Lipinski definition) is 4. The number of aryl methyl sites for hydroxylation is 1. The second-order valence-electron chi connectivity index (χ2n) is 6.50. The molecule has 0 aliphatic rings. The minimum atomic E-state index is -0.118. The predicted molar refractivity (Wildman–Crippen MR) is 101 cm³/mol. The number of hydrogen-bond donors (Lipinski definition) is 2. The summed E-state index contributed by atoms with van der Waals surface area (Å²) in [7, 11) is 0. The van der Waals surface area contributed by atoms with E-state index < -0.39 is 0 Å². The number of carbonyl (C=O) groups excluding carboxylic acids is 2. The van der Waals surface area contributed by atoms with Gasteiger partial charge in [0.1, 0.15) is 9.88 Å². The SMILES string of the molecule is Cc1nc(CC(=O)N[C@H](C)c2ccccc2)sc1C(=O)NCC(C)C. The van der Waals surface area contributed by atoms with Gasteiger partial charge >= 0.3 is 0 Å². The number of aromatic nitrogens is 1. The maximum Gasteiger partial charge on any atom is 0.263 e. The van der Waals surface area contributed by atoms with Crippen molar-refractivity contribution in [2.45, 2.75) is 40.2 Å². The number of amides is 2. The molecule has 1 atom stereocenters. The first kappa shape index (κ1) is 19.1. The molecule has 25 heavy (non-hydrogen) atoms. The molecule has 0 bridgehead atoms. The molecule has 2 rings (SSSR count). The Morgan fingerprint density at radius 2 is 1.84 bits per heavy atom. The van der Waals surface area contributed by atoms with E-state index in [1.165, 1.54) is 11.3 Å². The molecule has 2 N–H and O–H groups in total. The van der Waals surface area contributed by atoms with Gasteiger partial charge in [-0.25, -0.2) is 4.98 Å². The molecule has 0 saturated carbocycles. The summed E-state index contributed by atoms with van der Waals surface area (Å²) in [5.74, 6) is 0.175. The number of nitrogens with one attached hydrogen (secondary N) is 2. The van der Waals surface area contributed by atoms with Crippen molar-refractivity contribution < 1.29 is 9.59 Å². The fourth-order valence-corrected chi connectivity index (χ4v) is 3.35. The van der Waals surface area contributed by atoms with Gasteiger partial charge in [0.05, 0.1) is 18.2 Å². The third-order valence-corrected chi connectivity index (χ3v) is 4.86. The van der Waals surface area contributed by atoms with Crippen molar-refractivity contribution in [2.75, 3.05) is 6.54 Å². The van der Waals surface area contributed by atoms with Crippen LogP contribution in [0.15, 0.2) is 30.3 Å². The molecule has 1 aromatic carbocycles. The zero-order valence-electron chi connectivity index (χ0n) is 15.1. The molecule has 0 aliphatic carbocycles. The van der Waals surface area contributed by atoms with Crippen molar-refractivity contribution in [1.29, 1.82) is 0 Å². The summed E-state index contributed by atoms with van der Waals surface area (Å²) in [6, 6.07) is 9.74. The summed E-state index contributed by atoms with van der Waals surface area (Å²) in [4.78, 5) is 29.4. The van der Waals surface area contributed by atoms with Crippen LogP contribution in [0.1, 0.15) is 52.7 Å². The van der Waals surface area contributed by atoms with Gasteiger partial charge in [-0.1, -0.05) is 44.2 Å². The minimum Gasteiger partial charge on any atom is -0.351 e. The van der Waals surface area contributed by atoms with Crippen LogP contribution in [-0.4, -0.2) is 23.3 Å². The maximum absolute atomic E-state index is 12.3. The molecular weight excluding hydrogens is 334 g/mol. The van der Waals surface area contributed by atoms with E-state index in [9.17, 15) is 9.59 Å². The molecule has 0 unspecified atom stereocenters. The van der Waals surface area contributed by atoms with Gasteiger partial charge in [0.15, 0.2) is 0 Å². The van der Waals surface area contributed by atoms with Crippen LogP contribution in [-0.2, 0) is 11.2 Å². The fraction of sp³-hybridized carbons (Fsp3) is 0.421. The number of rotatable bonds is 7. The van der Waals surface area contributed by atoms with Crippen LogP contribution >= 0.6 is 11.3 Å². The molecule has 0 saturated heterocycles. The van der Waals surface area contributed by atoms with E-state index in [4.69, 9.17) is 0 Å². The first-order chi connectivity index (χ1) is 11.9. The Morgan fingerprint density at radius 1 is 1.16 bits per heavy atom. The van der Waals surface area contributed by atoms with Gasteiger partial charge in [0.2, 0.25) is 5.91 Å². The van der Waals surface area contributed by atoms with Crippen molar-refractivity contribution in [3.05, 3.63) is 51.5 Å². The van der Waals surface area contributed by atoms with Gasteiger partial charge < -0.3 is 10.6 Å². The lowest BCUT2D eigenvalue weighted by Gasteiger charge is -2.13. The van der Waals surface area contributed by atoms with E-state index in [1.807, 2.05) is 51.1 Å². The second kappa shape index (κ2) is 8.76. The van der Waals surface area contributed by atoms with Crippen LogP contribution in [0.4, 0.5) is 0 Å². The summed E-state index contributed by atoms with van der Waals surface area (Å²) < 4.78 is 0. The summed E-state index contributed by atoms with van der Waals surface area (Å²) in [6.07, 6.45) is 0.181. The smallest absolute Gasteiger partial charge is 0.263 e. The highest BCUT2D eigenvalue weighted by atomic mass is 32.1. The van der Waals surface area contributed by atoms with Crippen molar-refractivity contribution in [1.82, 2.24) is 15.6 Å². The number of benzene rings is 1. The lowest BCUT2D eigenvalue weighted by molar-refractivity contribution is -0.121. The Kier molecular flexibility index (Phi) is 6.70. The highest BCUT2D eigenvalue weighted by molar-refractivity contribution is 7.13. The zero-order valence-corrected chi connectivity index (χ0v) is 15.9. The molecule has 5 nitrogen and oxygen atoms in total. The molecule has 6 heteroatoms. The Labute approximate surface area is 152 Å². The van der Waals surface area contributed by atoms with Gasteiger partial charge in [-0.15, -0.1) is 11.3 Å². The molecule has 2 amide bonds. The predicted octanol–water partition coefficient (Wildman–Crippen LogP) is 3.26. The largest absolute Gasteiger partial charge is 0.351 e. The van der Waals surface area contributed by atoms with Crippen molar-refractivity contribution in [2.24, 2.45) is 5.92 Å². The van der Waals surface area contributed by atoms with Gasteiger partial charge in [0.25, 0.3) is 5.91 Å². The van der Waals surface area contributed by atoms with Crippen LogP contribution < -0.4 is 10.6 Å². The fourth-order valence-electron chi connectivity index (χ4n) is 2.37. The normalized spacial score (nSPS) is 12.0. The van der Waals surface area contributed by atoms with E-state index in [0.717, 1.165) is 5.56 Å². The van der Waals surface area contributed by atoms with Gasteiger partial charge in [-0.05, 0) is 25.3 Å². The molecule has 0 radical (unpaired) electrons. The topological polar surface area (TPSA) is 71.1 Å². The summed E-state index contributed by atoms with van der Waals surface area (Å²) >= 11 is 1.29. The summed E-state index contributed by atoms with van der Waals surface area (Å²) in [6.45, 7) is 8.47. The first-order valence-electron chi connectivity index (χ1n) is 8.45. The monoisotopic (exact) mass is 359 g/mol. The zero-order chi connectivity index (χ0) is 18.4. The van der Waals surface area contributed by atoms with Crippen LogP contribution in [0.25, 0.3) is 0 Å². The Bertz CT molecular complexity index is 726. The maximum atomic E-state index is 12.3. The molecule has 0 fully saturated rings. The van der Waals surface area contributed by atoms with Gasteiger partial charge in [0, 0.05) is 6.54 Å². The Balaban J connectivity index is 1.95. The van der Waals surface area contributed by atoms with Crippen LogP contribution in [0.3, 0.4) is 0 Å². The second-order valence-corrected chi connectivity index (χ2v) is 7.59. The van der Waals surface area contributed by atoms with E-state index >= 15 is 0 Å². The molecule has 1 heterocycles. The molecular formula is C19H25N3O2S. The third-order valence-electron chi connectivity index (χ3n) is 3.71. The lowest BCUT2D eigenvalue weighted by Crippen LogP contribution is -2.28. The standard InChI is InChI=1S/C19H25N3O2S/c1-12(2)11-20-19(24)18-14(4)22-17(25-18)10-16(23)21-13(3)15-8-6-5-7-9-15/h5-9,12-13H,10-11H2,1-4H3,(H,20,24)(H,21,23)/t13-/m1/s1. The van der Waals surface area contributed by atoms with E-state index in [-0.39, 0.29) is 24.3 Å². The van der Waals surface area contributed by atoms with Crippen molar-refractivity contribution in [3.63, 3.8) is 0 Å². The number of carbonyl (C=O) groups is 2. The number of thiazole rings is 1. The van der Waals surface area contributed by atoms with Gasteiger partial charge in [-0.2, -0.15) is 0 Å². The van der Waals surface area contributed by atoms with E-state index in [1.54, 1.807) is 6.92 Å². The third kappa shape index (κ3) is 5.67. The molecule has 2 aromatic rings. The van der Waals surface area contributed by atoms with Crippen LogP contribution in [0, 0.1) is 12.8 Å². The van der Waals surface area contributed by atoms with Crippen LogP contribution in [0.2, 0.25) is 0 Å². The quantitative estimate of drug-likeness (QED) is 0.797. The molecule has 1 aromatic heterocycles. The van der Waals surface area contributed by atoms with Crippen LogP contribution in [0.5, 0.6) is 0 Å². The first-order valence-corrected chi connectivity index (χ1v) is 9.27. The van der Waals surface area contributed by atoms with Crippen molar-refractivity contribution in [3.8, 4) is 0 Å². The Morgan fingerprint density at radius 3 is 2.48 bits per heavy atom. The highest BCUT2D eigenvalue weighted by Crippen LogP contribution is 2.19. The molecule has 134 valence electrons. The minimum absolute atomic E-state index is 0.0661. The van der Waals surface area contributed by atoms with Crippen molar-refractivity contribution >= 4 is 23.2 Å². The number of nitrogens with zero attached hydrogens (tertiary/aromatic N) is 1. The average Bonchev–Trinajstić information content (AvgIpc) is 2.93. The van der Waals surface area contributed by atoms with E-state index in [2.05, 4.69) is 15.6 Å². The molecule has 0 aliphatic heterocycles. The summed E-state index contributed by atoms with van der Waals surface area (Å²) in [5.41, 5.74) is 1.73.